The molecular weight excluding hydrogens is 290 g/mol. The number of nitro benzene ring substituents is 1. The van der Waals surface area contributed by atoms with Crippen molar-refractivity contribution in [3.05, 3.63) is 38.7 Å². The lowest BCUT2D eigenvalue weighted by atomic mass is 10.1. The van der Waals surface area contributed by atoms with Crippen LogP contribution in [0.25, 0.3) is 11.4 Å². The molecule has 1 aromatic heterocycles. The molecule has 1 aliphatic rings. The number of H-pyrrole nitrogens is 1. The first-order chi connectivity index (χ1) is 9.50. The van der Waals surface area contributed by atoms with Crippen molar-refractivity contribution in [2.45, 2.75) is 18.9 Å². The van der Waals surface area contributed by atoms with E-state index in [0.29, 0.717) is 0 Å². The van der Waals surface area contributed by atoms with Crippen LogP contribution in [0.4, 0.5) is 14.5 Å². The van der Waals surface area contributed by atoms with Crippen LogP contribution in [0.5, 0.6) is 0 Å². The monoisotopic (exact) mass is 298 g/mol. The molecule has 0 bridgehead atoms. The Labute approximate surface area is 116 Å². The predicted molar refractivity (Wildman–Crippen MR) is 67.7 cm³/mol. The Morgan fingerprint density at radius 2 is 2.15 bits per heavy atom. The van der Waals surface area contributed by atoms with E-state index in [-0.39, 0.29) is 16.6 Å². The van der Waals surface area contributed by atoms with Crippen LogP contribution in [0.3, 0.4) is 0 Å². The van der Waals surface area contributed by atoms with Crippen molar-refractivity contribution in [1.29, 1.82) is 0 Å². The third kappa shape index (κ3) is 1.90. The molecule has 0 unspecified atom stereocenters. The molecule has 0 radical (unpaired) electrons. The molecule has 0 aliphatic heterocycles. The van der Waals surface area contributed by atoms with Gasteiger partial charge in [-0.05, 0) is 31.1 Å². The van der Waals surface area contributed by atoms with Crippen LogP contribution < -0.4 is 0 Å². The molecule has 3 rings (SSSR count). The molecular formula is C11H8F2N4O2S. The van der Waals surface area contributed by atoms with E-state index in [0.717, 1.165) is 25.0 Å². The summed E-state index contributed by atoms with van der Waals surface area (Å²) in [5.74, 6) is -2.20. The summed E-state index contributed by atoms with van der Waals surface area (Å²) >= 11 is 5.03. The summed E-state index contributed by atoms with van der Waals surface area (Å²) in [6.45, 7) is 0. The largest absolute Gasteiger partial charge is 0.305 e. The number of nitrogens with one attached hydrogen (secondary N) is 1. The van der Waals surface area contributed by atoms with E-state index in [4.69, 9.17) is 12.2 Å². The van der Waals surface area contributed by atoms with Crippen molar-refractivity contribution in [2.24, 2.45) is 0 Å². The number of nitro groups is 1. The summed E-state index contributed by atoms with van der Waals surface area (Å²) < 4.78 is 29.8. The molecule has 0 amide bonds. The van der Waals surface area contributed by atoms with Gasteiger partial charge in [0.2, 0.25) is 5.82 Å². The van der Waals surface area contributed by atoms with Crippen LogP contribution in [-0.4, -0.2) is 19.7 Å². The fourth-order valence-corrected chi connectivity index (χ4v) is 2.32. The van der Waals surface area contributed by atoms with Crippen molar-refractivity contribution in [3.63, 3.8) is 0 Å². The molecule has 1 saturated carbocycles. The van der Waals surface area contributed by atoms with Crippen molar-refractivity contribution in [2.75, 3.05) is 0 Å². The molecule has 1 aromatic carbocycles. The van der Waals surface area contributed by atoms with Crippen molar-refractivity contribution < 1.29 is 13.7 Å². The molecule has 1 aliphatic carbocycles. The van der Waals surface area contributed by atoms with Crippen molar-refractivity contribution in [3.8, 4) is 11.4 Å². The van der Waals surface area contributed by atoms with Gasteiger partial charge in [0, 0.05) is 12.1 Å². The van der Waals surface area contributed by atoms with E-state index in [2.05, 4.69) is 10.2 Å². The zero-order chi connectivity index (χ0) is 14.4. The van der Waals surface area contributed by atoms with E-state index in [1.54, 1.807) is 0 Å². The van der Waals surface area contributed by atoms with E-state index in [9.17, 15) is 18.9 Å². The maximum atomic E-state index is 14.2. The molecule has 2 aromatic rings. The lowest BCUT2D eigenvalue weighted by molar-refractivity contribution is -0.387. The molecule has 1 N–H and O–H groups in total. The first kappa shape index (κ1) is 12.9. The summed E-state index contributed by atoms with van der Waals surface area (Å²) in [6.07, 6.45) is 1.66. The lowest BCUT2D eigenvalue weighted by Gasteiger charge is -2.07. The van der Waals surface area contributed by atoms with Crippen LogP contribution in [0, 0.1) is 26.5 Å². The first-order valence-electron chi connectivity index (χ1n) is 5.80. The number of hydrogen-bond acceptors (Lipinski definition) is 4. The Hall–Kier alpha value is -2.16. The van der Waals surface area contributed by atoms with Gasteiger partial charge in [0.05, 0.1) is 10.5 Å². The second-order valence-corrected chi connectivity index (χ2v) is 4.85. The van der Waals surface area contributed by atoms with Gasteiger partial charge in [0.25, 0.3) is 0 Å². The van der Waals surface area contributed by atoms with Gasteiger partial charge in [-0.2, -0.15) is 9.49 Å². The summed E-state index contributed by atoms with van der Waals surface area (Å²) in [7, 11) is 0. The van der Waals surface area contributed by atoms with Gasteiger partial charge in [0.1, 0.15) is 5.82 Å². The predicted octanol–water partition coefficient (Wildman–Crippen LogP) is 3.13. The topological polar surface area (TPSA) is 76.8 Å². The minimum atomic E-state index is -1.24. The fraction of sp³-hybridized carbons (Fsp3) is 0.273. The first-order valence-corrected chi connectivity index (χ1v) is 6.21. The number of rotatable bonds is 3. The smallest absolute Gasteiger partial charge is 0.297 e. The molecule has 104 valence electrons. The summed E-state index contributed by atoms with van der Waals surface area (Å²) in [4.78, 5) is 9.84. The van der Waals surface area contributed by atoms with Gasteiger partial charge >= 0.3 is 5.69 Å². The van der Waals surface area contributed by atoms with E-state index < -0.39 is 27.8 Å². The third-order valence-electron chi connectivity index (χ3n) is 3.11. The normalized spacial score (nSPS) is 14.5. The lowest BCUT2D eigenvalue weighted by Crippen LogP contribution is -2.03. The molecule has 1 fully saturated rings. The maximum Gasteiger partial charge on any atom is 0.305 e. The van der Waals surface area contributed by atoms with E-state index in [1.165, 1.54) is 4.57 Å². The number of aromatic amines is 1. The molecule has 0 atom stereocenters. The number of aromatic nitrogens is 3. The second kappa shape index (κ2) is 4.44. The van der Waals surface area contributed by atoms with Crippen LogP contribution in [0.15, 0.2) is 12.1 Å². The second-order valence-electron chi connectivity index (χ2n) is 4.47. The summed E-state index contributed by atoms with van der Waals surface area (Å²) in [5.41, 5.74) is -1.32. The van der Waals surface area contributed by atoms with E-state index >= 15 is 0 Å². The van der Waals surface area contributed by atoms with Crippen LogP contribution in [0.1, 0.15) is 18.9 Å². The van der Waals surface area contributed by atoms with Crippen molar-refractivity contribution >= 4 is 17.9 Å². The van der Waals surface area contributed by atoms with Crippen LogP contribution in [-0.2, 0) is 0 Å². The Kier molecular flexibility index (Phi) is 2.85. The fourth-order valence-electron chi connectivity index (χ4n) is 2.04. The zero-order valence-electron chi connectivity index (χ0n) is 9.97. The Balaban J connectivity index is 2.27. The minimum absolute atomic E-state index is 0.0364. The SMILES string of the molecule is O=[N+]([O-])c1ccc(F)c(-c2n[nH]c(=S)n2C2CC2)c1F. The molecule has 0 saturated heterocycles. The minimum Gasteiger partial charge on any atom is -0.297 e. The highest BCUT2D eigenvalue weighted by molar-refractivity contribution is 7.71. The highest BCUT2D eigenvalue weighted by atomic mass is 32.1. The third-order valence-corrected chi connectivity index (χ3v) is 3.40. The van der Waals surface area contributed by atoms with Crippen LogP contribution in [0.2, 0.25) is 0 Å². The summed E-state index contributed by atoms with van der Waals surface area (Å²) in [6, 6.07) is 1.68. The number of hydrogen-bond donors (Lipinski definition) is 1. The van der Waals surface area contributed by atoms with Gasteiger partial charge in [-0.1, -0.05) is 0 Å². The molecule has 6 nitrogen and oxygen atoms in total. The Bertz CT molecular complexity index is 766. The van der Waals surface area contributed by atoms with Gasteiger partial charge in [0.15, 0.2) is 10.6 Å². The number of nitrogens with zero attached hydrogens (tertiary/aromatic N) is 3. The Morgan fingerprint density at radius 1 is 1.45 bits per heavy atom. The highest BCUT2D eigenvalue weighted by Crippen LogP contribution is 2.40. The van der Waals surface area contributed by atoms with E-state index in [1.807, 2.05) is 0 Å². The van der Waals surface area contributed by atoms with Crippen LogP contribution >= 0.6 is 12.2 Å². The average molecular weight is 298 g/mol. The standard InChI is InChI=1S/C11H8F2N4O2S/c12-6-3-4-7(17(18)19)9(13)8(6)10-14-15-11(20)16(10)5-1-2-5/h3-5H,1-2H2,(H,15,20). The molecule has 0 spiro atoms. The average Bonchev–Trinajstić information content (AvgIpc) is 3.14. The summed E-state index contributed by atoms with van der Waals surface area (Å²) in [5, 5.41) is 17.0. The quantitative estimate of drug-likeness (QED) is 0.536. The molecule has 1 heterocycles. The van der Waals surface area contributed by atoms with Gasteiger partial charge in [-0.15, -0.1) is 0 Å². The Morgan fingerprint density at radius 3 is 2.75 bits per heavy atom. The van der Waals surface area contributed by atoms with Crippen molar-refractivity contribution in [1.82, 2.24) is 14.8 Å². The number of halogens is 2. The number of benzene rings is 1. The highest BCUT2D eigenvalue weighted by Gasteiger charge is 2.32. The van der Waals surface area contributed by atoms with Gasteiger partial charge < -0.3 is 0 Å². The molecule has 20 heavy (non-hydrogen) atoms. The van der Waals surface area contributed by atoms with Gasteiger partial charge in [-0.3, -0.25) is 19.8 Å². The zero-order valence-corrected chi connectivity index (χ0v) is 10.8. The van der Waals surface area contributed by atoms with Gasteiger partial charge in [-0.25, -0.2) is 4.39 Å². The molecule has 9 heteroatoms. The maximum absolute atomic E-state index is 14.2.